The number of amides is 2. The van der Waals surface area contributed by atoms with E-state index < -0.39 is 25.9 Å². The van der Waals surface area contributed by atoms with Gasteiger partial charge in [0.15, 0.2) is 6.10 Å². The van der Waals surface area contributed by atoms with Crippen molar-refractivity contribution in [3.05, 3.63) is 0 Å². The van der Waals surface area contributed by atoms with Crippen molar-refractivity contribution >= 4 is 44.1 Å². The Hall–Kier alpha value is -1.26. The Morgan fingerprint density at radius 1 is 0.667 bits per heavy atom. The van der Waals surface area contributed by atoms with E-state index >= 15 is 0 Å². The van der Waals surface area contributed by atoms with E-state index in [1.165, 1.54) is 140 Å². The average Bonchev–Trinajstić information content (AvgIpc) is 3.44. The average molecular weight is 803 g/mol. The number of rotatable bonds is 39. The van der Waals surface area contributed by atoms with Crippen LogP contribution in [0.1, 0.15) is 200 Å². The van der Waals surface area contributed by atoms with E-state index in [2.05, 4.69) is 13.8 Å². The zero-order chi connectivity index (χ0) is 39.5. The monoisotopic (exact) mass is 803 g/mol. The number of ether oxygens (including phenoxy) is 2. The second-order valence-corrected chi connectivity index (χ2v) is 16.9. The molecule has 0 aromatic heterocycles. The molecule has 0 aromatic carbocycles. The van der Waals surface area contributed by atoms with Crippen LogP contribution in [-0.2, 0) is 37.7 Å². The molecule has 0 N–H and O–H groups in total. The van der Waals surface area contributed by atoms with Crippen LogP contribution < -0.4 is 4.89 Å². The number of unbranched alkanes of at least 4 members (excludes halogenated alkanes) is 24. The normalized spacial score (nSPS) is 15.6. The van der Waals surface area contributed by atoms with Crippen molar-refractivity contribution < 1.29 is 42.6 Å². The minimum Gasteiger partial charge on any atom is -0.786 e. The quantitative estimate of drug-likeness (QED) is 0.0256. The highest BCUT2D eigenvalue weighted by atomic mass is 32.2. The molecule has 0 saturated carbocycles. The third-order valence-electron chi connectivity index (χ3n) is 10.1. The van der Waals surface area contributed by atoms with Crippen molar-refractivity contribution in [3.63, 3.8) is 0 Å². The molecule has 0 aromatic rings. The van der Waals surface area contributed by atoms with Crippen LogP contribution in [0, 0.1) is 0 Å². The fourth-order valence-electron chi connectivity index (χ4n) is 6.65. The van der Waals surface area contributed by atoms with E-state index in [0.717, 1.165) is 37.0 Å². The lowest BCUT2D eigenvalue weighted by Gasteiger charge is -2.26. The molecule has 3 unspecified atom stereocenters. The molecule has 0 spiro atoms. The van der Waals surface area contributed by atoms with Crippen molar-refractivity contribution in [1.29, 1.82) is 0 Å². The van der Waals surface area contributed by atoms with E-state index in [0.29, 0.717) is 12.8 Å². The van der Waals surface area contributed by atoms with Crippen LogP contribution >= 0.6 is 20.4 Å². The van der Waals surface area contributed by atoms with Crippen molar-refractivity contribution in [3.8, 4) is 0 Å². The van der Waals surface area contributed by atoms with E-state index in [-0.39, 0.29) is 57.0 Å². The number of carbonyl (C=O) groups is 4. The van der Waals surface area contributed by atoms with Crippen LogP contribution in [0.15, 0.2) is 0 Å². The molecule has 1 aliphatic rings. The van der Waals surface area contributed by atoms with Crippen LogP contribution in [-0.4, -0.2) is 72.6 Å². The number of hydrogen-bond donors (Lipinski definition) is 0. The molecule has 10 nitrogen and oxygen atoms in total. The first-order chi connectivity index (χ1) is 26.3. The molecule has 3 atom stereocenters. The van der Waals surface area contributed by atoms with Crippen LogP contribution in [0.25, 0.3) is 0 Å². The Kier molecular flexibility index (Phi) is 33.9. The second-order valence-electron chi connectivity index (χ2n) is 14.9. The summed E-state index contributed by atoms with van der Waals surface area (Å²) in [6.07, 6.45) is 33.2. The molecule has 1 rings (SSSR count). The highest BCUT2D eigenvalue weighted by molar-refractivity contribution is 8.00. The maximum absolute atomic E-state index is 12.7. The Morgan fingerprint density at radius 3 is 1.52 bits per heavy atom. The van der Waals surface area contributed by atoms with Gasteiger partial charge in [-0.1, -0.05) is 168 Å². The summed E-state index contributed by atoms with van der Waals surface area (Å²) >= 11 is 1.32. The highest BCUT2D eigenvalue weighted by Gasteiger charge is 2.37. The predicted octanol–water partition coefficient (Wildman–Crippen LogP) is 10.5. The van der Waals surface area contributed by atoms with Crippen LogP contribution in [0.3, 0.4) is 0 Å². The lowest BCUT2D eigenvalue weighted by Crippen LogP contribution is -2.34. The molecule has 0 radical (unpaired) electrons. The summed E-state index contributed by atoms with van der Waals surface area (Å²) in [6.45, 7) is 3.85. The summed E-state index contributed by atoms with van der Waals surface area (Å²) in [5.74, 6) is -1.33. The summed E-state index contributed by atoms with van der Waals surface area (Å²) in [5.41, 5.74) is 0. The molecule has 316 valence electrons. The van der Waals surface area contributed by atoms with Gasteiger partial charge in [0.2, 0.25) is 11.8 Å². The third kappa shape index (κ3) is 28.2. The van der Waals surface area contributed by atoms with Gasteiger partial charge in [-0.25, -0.2) is 0 Å². The number of imide groups is 1. The SMILES string of the molecule is CCCCCCCCCCCCCCCC(=O)OCC(COP([O-])OCCN1C(=O)CC(SC)C1=O)OC(=O)CCCCCCCCCCCCCCC. The first-order valence-corrected chi connectivity index (χ1v) is 24.2. The van der Waals surface area contributed by atoms with Crippen LogP contribution in [0.5, 0.6) is 0 Å². The zero-order valence-corrected chi connectivity index (χ0v) is 36.2. The Balaban J connectivity index is 2.34. The lowest BCUT2D eigenvalue weighted by atomic mass is 10.0. The molecule has 1 fully saturated rings. The van der Waals surface area contributed by atoms with Gasteiger partial charge in [-0.3, -0.25) is 24.1 Å². The minimum atomic E-state index is -2.62. The van der Waals surface area contributed by atoms with E-state index in [1.807, 2.05) is 0 Å². The Morgan fingerprint density at radius 2 is 1.09 bits per heavy atom. The van der Waals surface area contributed by atoms with E-state index in [1.54, 1.807) is 6.26 Å². The van der Waals surface area contributed by atoms with Crippen LogP contribution in [0.4, 0.5) is 0 Å². The van der Waals surface area contributed by atoms with Gasteiger partial charge in [0.05, 0.1) is 33.6 Å². The fourth-order valence-corrected chi connectivity index (χ4v) is 7.88. The van der Waals surface area contributed by atoms with Crippen LogP contribution in [0.2, 0.25) is 0 Å². The molecule has 0 aliphatic carbocycles. The molecule has 2 amide bonds. The standard InChI is InChI=1S/C42H77NO9PS/c1-4-6-8-10-12-14-16-18-20-22-24-26-28-30-40(45)49-35-37(36-51-53(48)50-33-32-43-39(44)34-38(54-3)42(43)47)52-41(46)31-29-27-25-23-21-19-17-15-13-11-9-7-5-2/h37-38H,4-36H2,1-3H3/q-1. The van der Waals surface area contributed by atoms with Gasteiger partial charge < -0.3 is 23.4 Å². The lowest BCUT2D eigenvalue weighted by molar-refractivity contribution is -0.208. The molecule has 54 heavy (non-hydrogen) atoms. The summed E-state index contributed by atoms with van der Waals surface area (Å²) in [5, 5.41) is -0.398. The smallest absolute Gasteiger partial charge is 0.306 e. The summed E-state index contributed by atoms with van der Waals surface area (Å²) in [7, 11) is -2.62. The molecule has 1 heterocycles. The predicted molar refractivity (Wildman–Crippen MR) is 219 cm³/mol. The van der Waals surface area contributed by atoms with E-state index in [4.69, 9.17) is 18.5 Å². The number of carbonyl (C=O) groups excluding carboxylic acids is 4. The maximum Gasteiger partial charge on any atom is 0.306 e. The summed E-state index contributed by atoms with van der Waals surface area (Å²) in [4.78, 5) is 63.2. The third-order valence-corrected chi connectivity index (χ3v) is 11.8. The van der Waals surface area contributed by atoms with Gasteiger partial charge in [-0.05, 0) is 19.1 Å². The second kappa shape index (κ2) is 36.1. The number of hydrogen-bond acceptors (Lipinski definition) is 10. The molecular weight excluding hydrogens is 726 g/mol. The van der Waals surface area contributed by atoms with Gasteiger partial charge in [0.1, 0.15) is 6.61 Å². The number of thioether (sulfide) groups is 1. The van der Waals surface area contributed by atoms with Gasteiger partial charge >= 0.3 is 11.9 Å². The number of nitrogens with zero attached hydrogens (tertiary/aromatic N) is 1. The molecule has 1 aliphatic heterocycles. The zero-order valence-electron chi connectivity index (χ0n) is 34.5. The fraction of sp³-hybridized carbons (Fsp3) is 0.905. The summed E-state index contributed by atoms with van der Waals surface area (Å²) < 4.78 is 21.6. The molecule has 1 saturated heterocycles. The van der Waals surface area contributed by atoms with Crippen molar-refractivity contribution in [2.24, 2.45) is 0 Å². The molecular formula is C42H77NO9PS-. The molecule has 0 bridgehead atoms. The van der Waals surface area contributed by atoms with Gasteiger partial charge in [0.25, 0.3) is 0 Å². The number of likely N-dealkylation sites (tertiary alicyclic amines) is 1. The summed E-state index contributed by atoms with van der Waals surface area (Å²) in [6, 6.07) is 0. The first-order valence-electron chi connectivity index (χ1n) is 21.8. The highest BCUT2D eigenvalue weighted by Crippen LogP contribution is 2.29. The van der Waals surface area contributed by atoms with Crippen molar-refractivity contribution in [1.82, 2.24) is 4.90 Å². The Bertz CT molecular complexity index is 959. The maximum atomic E-state index is 12.7. The van der Waals surface area contributed by atoms with Gasteiger partial charge in [-0.2, -0.15) is 11.8 Å². The topological polar surface area (TPSA) is 132 Å². The minimum absolute atomic E-state index is 0.0203. The Labute approximate surface area is 334 Å². The number of esters is 2. The first kappa shape index (κ1) is 50.8. The van der Waals surface area contributed by atoms with Crippen molar-refractivity contribution in [2.45, 2.75) is 211 Å². The van der Waals surface area contributed by atoms with Crippen molar-refractivity contribution in [2.75, 3.05) is 32.6 Å². The van der Waals surface area contributed by atoms with E-state index in [9.17, 15) is 24.1 Å². The largest absolute Gasteiger partial charge is 0.786 e. The molecule has 12 heteroatoms. The van der Waals surface area contributed by atoms with Gasteiger partial charge in [0, 0.05) is 19.3 Å². The van der Waals surface area contributed by atoms with Gasteiger partial charge in [-0.15, -0.1) is 0 Å².